The molecule has 0 amide bonds. The third-order valence-electron chi connectivity index (χ3n) is 3.01. The molecule has 0 aliphatic heterocycles. The molecule has 0 aromatic heterocycles. The van der Waals surface area contributed by atoms with Crippen molar-refractivity contribution in [1.29, 1.82) is 0 Å². The number of anilines is 1. The van der Waals surface area contributed by atoms with Gasteiger partial charge >= 0.3 is 0 Å². The van der Waals surface area contributed by atoms with E-state index in [-0.39, 0.29) is 6.10 Å². The highest BCUT2D eigenvalue weighted by atomic mass is 16.5. The zero-order valence-electron chi connectivity index (χ0n) is 13.6. The van der Waals surface area contributed by atoms with E-state index in [1.807, 2.05) is 26.0 Å². The Balaban J connectivity index is 3.08. The molecule has 0 radical (unpaired) electrons. The van der Waals surface area contributed by atoms with Gasteiger partial charge in [0.15, 0.2) is 0 Å². The minimum atomic E-state index is 0.146. The molecule has 0 aliphatic carbocycles. The Kier molecular flexibility index (Phi) is 7.62. The second kappa shape index (κ2) is 9.24. The molecule has 0 fully saturated rings. The minimum Gasteiger partial charge on any atom is -0.489 e. The van der Waals surface area contributed by atoms with Gasteiger partial charge in [-0.3, -0.25) is 0 Å². The Bertz CT molecular complexity index is 445. The number of rotatable bonds is 10. The van der Waals surface area contributed by atoms with Crippen LogP contribution in [0.25, 0.3) is 0 Å². The summed E-state index contributed by atoms with van der Waals surface area (Å²) < 4.78 is 6.00. The SMILES string of the molecule is C=CCN(CC=C)c1ccc(CNCC)cc1OC(C)C. The van der Waals surface area contributed by atoms with Crippen LogP contribution in [0.3, 0.4) is 0 Å². The van der Waals surface area contributed by atoms with Gasteiger partial charge in [-0.2, -0.15) is 0 Å². The van der Waals surface area contributed by atoms with E-state index >= 15 is 0 Å². The molecule has 0 heterocycles. The van der Waals surface area contributed by atoms with Crippen molar-refractivity contribution in [2.45, 2.75) is 33.4 Å². The van der Waals surface area contributed by atoms with E-state index in [4.69, 9.17) is 4.74 Å². The standard InChI is InChI=1S/C18H28N2O/c1-6-11-20(12-7-2)17-10-9-16(14-19-8-3)13-18(17)21-15(4)5/h6-7,9-10,13,15,19H,1-2,8,11-12,14H2,3-5H3. The topological polar surface area (TPSA) is 24.5 Å². The highest BCUT2D eigenvalue weighted by Crippen LogP contribution is 2.30. The van der Waals surface area contributed by atoms with Crippen LogP contribution in [-0.4, -0.2) is 25.7 Å². The fourth-order valence-electron chi connectivity index (χ4n) is 2.13. The third kappa shape index (κ3) is 5.64. The van der Waals surface area contributed by atoms with Crippen molar-refractivity contribution in [3.8, 4) is 5.75 Å². The van der Waals surface area contributed by atoms with Crippen LogP contribution >= 0.6 is 0 Å². The lowest BCUT2D eigenvalue weighted by molar-refractivity contribution is 0.242. The Morgan fingerprint density at radius 1 is 1.24 bits per heavy atom. The predicted octanol–water partition coefficient (Wildman–Crippen LogP) is 3.76. The summed E-state index contributed by atoms with van der Waals surface area (Å²) in [7, 11) is 0. The normalized spacial score (nSPS) is 10.5. The first-order valence-electron chi connectivity index (χ1n) is 7.59. The molecule has 0 saturated carbocycles. The minimum absolute atomic E-state index is 0.146. The lowest BCUT2D eigenvalue weighted by atomic mass is 10.1. The lowest BCUT2D eigenvalue weighted by Crippen LogP contribution is -2.24. The first kappa shape index (κ1) is 17.3. The van der Waals surface area contributed by atoms with Crippen LogP contribution in [0.5, 0.6) is 5.75 Å². The van der Waals surface area contributed by atoms with E-state index in [0.717, 1.165) is 37.6 Å². The summed E-state index contributed by atoms with van der Waals surface area (Å²) in [6.45, 7) is 17.2. The van der Waals surface area contributed by atoms with Gasteiger partial charge in [0.05, 0.1) is 11.8 Å². The Morgan fingerprint density at radius 2 is 1.90 bits per heavy atom. The van der Waals surface area contributed by atoms with Crippen LogP contribution in [0.1, 0.15) is 26.3 Å². The van der Waals surface area contributed by atoms with Gasteiger partial charge in [0, 0.05) is 19.6 Å². The van der Waals surface area contributed by atoms with Crippen molar-refractivity contribution in [1.82, 2.24) is 5.32 Å². The van der Waals surface area contributed by atoms with Crippen molar-refractivity contribution in [3.05, 3.63) is 49.1 Å². The molecule has 0 atom stereocenters. The average molecular weight is 288 g/mol. The molecule has 0 unspecified atom stereocenters. The van der Waals surface area contributed by atoms with Gasteiger partial charge < -0.3 is 15.0 Å². The van der Waals surface area contributed by atoms with Gasteiger partial charge in [-0.25, -0.2) is 0 Å². The predicted molar refractivity (Wildman–Crippen MR) is 92.2 cm³/mol. The second-order valence-electron chi connectivity index (χ2n) is 5.23. The molecule has 0 spiro atoms. The number of hydrogen-bond acceptors (Lipinski definition) is 3. The van der Waals surface area contributed by atoms with Gasteiger partial charge in [-0.05, 0) is 38.1 Å². The van der Waals surface area contributed by atoms with Crippen LogP contribution < -0.4 is 15.0 Å². The molecule has 21 heavy (non-hydrogen) atoms. The zero-order chi connectivity index (χ0) is 15.7. The molecule has 3 nitrogen and oxygen atoms in total. The summed E-state index contributed by atoms with van der Waals surface area (Å²) in [6, 6.07) is 6.39. The first-order chi connectivity index (χ1) is 10.1. The summed E-state index contributed by atoms with van der Waals surface area (Å²) in [5.74, 6) is 0.920. The molecule has 0 bridgehead atoms. The summed E-state index contributed by atoms with van der Waals surface area (Å²) >= 11 is 0. The summed E-state index contributed by atoms with van der Waals surface area (Å²) in [5.41, 5.74) is 2.32. The number of ether oxygens (including phenoxy) is 1. The van der Waals surface area contributed by atoms with E-state index in [9.17, 15) is 0 Å². The van der Waals surface area contributed by atoms with Crippen molar-refractivity contribution in [3.63, 3.8) is 0 Å². The summed E-state index contributed by atoms with van der Waals surface area (Å²) in [6.07, 6.45) is 3.94. The van der Waals surface area contributed by atoms with Crippen molar-refractivity contribution >= 4 is 5.69 Å². The quantitative estimate of drug-likeness (QED) is 0.663. The highest BCUT2D eigenvalue weighted by molar-refractivity contribution is 5.60. The third-order valence-corrected chi connectivity index (χ3v) is 3.01. The van der Waals surface area contributed by atoms with Gasteiger partial charge in [0.1, 0.15) is 5.75 Å². The number of nitrogens with zero attached hydrogens (tertiary/aromatic N) is 1. The van der Waals surface area contributed by atoms with Crippen molar-refractivity contribution in [2.24, 2.45) is 0 Å². The highest BCUT2D eigenvalue weighted by Gasteiger charge is 2.12. The molecule has 1 aromatic rings. The van der Waals surface area contributed by atoms with E-state index < -0.39 is 0 Å². The van der Waals surface area contributed by atoms with Crippen LogP contribution in [0.15, 0.2) is 43.5 Å². The smallest absolute Gasteiger partial charge is 0.143 e. The average Bonchev–Trinajstić information content (AvgIpc) is 2.44. The summed E-state index contributed by atoms with van der Waals surface area (Å²) in [5, 5.41) is 3.34. The van der Waals surface area contributed by atoms with Crippen LogP contribution in [0.2, 0.25) is 0 Å². The number of hydrogen-bond donors (Lipinski definition) is 1. The molecule has 0 saturated heterocycles. The van der Waals surface area contributed by atoms with Gasteiger partial charge in [-0.15, -0.1) is 13.2 Å². The van der Waals surface area contributed by atoms with E-state index in [0.29, 0.717) is 0 Å². The Labute approximate surface area is 129 Å². The molecule has 1 aromatic carbocycles. The van der Waals surface area contributed by atoms with Crippen LogP contribution in [-0.2, 0) is 6.54 Å². The monoisotopic (exact) mass is 288 g/mol. The van der Waals surface area contributed by atoms with Crippen molar-refractivity contribution < 1.29 is 4.74 Å². The van der Waals surface area contributed by atoms with Gasteiger partial charge in [-0.1, -0.05) is 25.1 Å². The second-order valence-corrected chi connectivity index (χ2v) is 5.23. The zero-order valence-corrected chi connectivity index (χ0v) is 13.6. The lowest BCUT2D eigenvalue weighted by Gasteiger charge is -2.26. The molecular formula is C18H28N2O. The van der Waals surface area contributed by atoms with Crippen LogP contribution in [0.4, 0.5) is 5.69 Å². The van der Waals surface area contributed by atoms with Crippen molar-refractivity contribution in [2.75, 3.05) is 24.5 Å². The maximum Gasteiger partial charge on any atom is 0.143 e. The largest absolute Gasteiger partial charge is 0.489 e. The fourth-order valence-corrected chi connectivity index (χ4v) is 2.13. The summed E-state index contributed by atoms with van der Waals surface area (Å²) in [4.78, 5) is 2.20. The van der Waals surface area contributed by atoms with Crippen LogP contribution in [0, 0.1) is 0 Å². The number of benzene rings is 1. The van der Waals surface area contributed by atoms with Gasteiger partial charge in [0.2, 0.25) is 0 Å². The Morgan fingerprint density at radius 3 is 2.43 bits per heavy atom. The maximum absolute atomic E-state index is 6.00. The number of nitrogens with one attached hydrogen (secondary N) is 1. The molecule has 116 valence electrons. The van der Waals surface area contributed by atoms with Gasteiger partial charge in [0.25, 0.3) is 0 Å². The first-order valence-corrected chi connectivity index (χ1v) is 7.59. The van der Waals surface area contributed by atoms with E-state index in [1.165, 1.54) is 5.56 Å². The molecule has 1 rings (SSSR count). The molecular weight excluding hydrogens is 260 g/mol. The maximum atomic E-state index is 6.00. The molecule has 0 aliphatic rings. The van der Waals surface area contributed by atoms with E-state index in [2.05, 4.69) is 48.5 Å². The van der Waals surface area contributed by atoms with E-state index in [1.54, 1.807) is 0 Å². The molecule has 1 N–H and O–H groups in total. The Hall–Kier alpha value is -1.74. The molecule has 3 heteroatoms. The fraction of sp³-hybridized carbons (Fsp3) is 0.444.